The monoisotopic (exact) mass is 287 g/mol. The quantitative estimate of drug-likeness (QED) is 0.799. The van der Waals surface area contributed by atoms with Crippen LogP contribution in [0.5, 0.6) is 5.75 Å². The number of rotatable bonds is 4. The molecule has 0 aromatic heterocycles. The number of fused-ring (bicyclic) bond motifs is 1. The third kappa shape index (κ3) is 2.55. The number of aldehydes is 1. The van der Waals surface area contributed by atoms with Crippen LogP contribution in [-0.4, -0.2) is 30.2 Å². The Morgan fingerprint density at radius 3 is 2.62 bits per heavy atom. The summed E-state index contributed by atoms with van der Waals surface area (Å²) in [6.07, 6.45) is 5.15. The fourth-order valence-electron chi connectivity index (χ4n) is 3.75. The number of carbonyl (C=O) groups excluding carboxylic acids is 2. The Kier molecular flexibility index (Phi) is 3.95. The van der Waals surface area contributed by atoms with Gasteiger partial charge in [-0.3, -0.25) is 4.79 Å². The molecule has 1 saturated carbocycles. The average Bonchev–Trinajstić information content (AvgIpc) is 2.80. The van der Waals surface area contributed by atoms with Gasteiger partial charge in [-0.2, -0.15) is 0 Å². The normalized spacial score (nSPS) is 28.3. The molecule has 4 heteroatoms. The molecule has 0 unspecified atom stereocenters. The molecule has 3 rings (SSSR count). The lowest BCUT2D eigenvalue weighted by molar-refractivity contribution is -0.134. The largest absolute Gasteiger partial charge is 0.497 e. The van der Waals surface area contributed by atoms with E-state index in [4.69, 9.17) is 4.74 Å². The van der Waals surface area contributed by atoms with Crippen molar-refractivity contribution in [1.82, 2.24) is 4.90 Å². The zero-order chi connectivity index (χ0) is 14.8. The van der Waals surface area contributed by atoms with Gasteiger partial charge in [0.1, 0.15) is 12.0 Å². The van der Waals surface area contributed by atoms with Crippen molar-refractivity contribution < 1.29 is 14.3 Å². The molecule has 1 aromatic rings. The highest BCUT2D eigenvalue weighted by molar-refractivity contribution is 5.86. The van der Waals surface area contributed by atoms with Crippen LogP contribution in [-0.2, 0) is 16.1 Å². The maximum Gasteiger partial charge on any atom is 0.226 e. The van der Waals surface area contributed by atoms with Crippen molar-refractivity contribution in [3.8, 4) is 5.75 Å². The van der Waals surface area contributed by atoms with E-state index in [0.717, 1.165) is 43.3 Å². The molecule has 3 atom stereocenters. The molecular formula is C17H21NO3. The first-order valence-corrected chi connectivity index (χ1v) is 7.63. The van der Waals surface area contributed by atoms with Gasteiger partial charge in [0.2, 0.25) is 5.91 Å². The second-order valence-electron chi connectivity index (χ2n) is 6.00. The van der Waals surface area contributed by atoms with E-state index in [0.29, 0.717) is 6.54 Å². The molecular weight excluding hydrogens is 266 g/mol. The predicted molar refractivity (Wildman–Crippen MR) is 78.8 cm³/mol. The minimum absolute atomic E-state index is 0.0622. The molecule has 2 aliphatic rings. The molecule has 2 fully saturated rings. The standard InChI is InChI=1S/C17H21NO3/c1-21-13-8-6-12(7-9-13)10-18-16(11-19)14-4-2-3-5-15(14)17(18)20/h6-9,11,14-16H,2-5,10H2,1H3/t14-,15-,16+/m0/s1. The lowest BCUT2D eigenvalue weighted by Gasteiger charge is -2.25. The van der Waals surface area contributed by atoms with Crippen molar-refractivity contribution in [2.75, 3.05) is 7.11 Å². The Balaban J connectivity index is 1.79. The van der Waals surface area contributed by atoms with Crippen LogP contribution >= 0.6 is 0 Å². The molecule has 21 heavy (non-hydrogen) atoms. The third-order valence-electron chi connectivity index (χ3n) is 4.87. The molecule has 0 spiro atoms. The van der Waals surface area contributed by atoms with E-state index < -0.39 is 0 Å². The molecule has 0 bridgehead atoms. The molecule has 0 N–H and O–H groups in total. The van der Waals surface area contributed by atoms with Crippen LogP contribution in [0.4, 0.5) is 0 Å². The lowest BCUT2D eigenvalue weighted by Crippen LogP contribution is -2.36. The third-order valence-corrected chi connectivity index (χ3v) is 4.87. The van der Waals surface area contributed by atoms with Crippen LogP contribution in [0.3, 0.4) is 0 Å². The van der Waals surface area contributed by atoms with Gasteiger partial charge >= 0.3 is 0 Å². The summed E-state index contributed by atoms with van der Waals surface area (Å²) in [5.74, 6) is 1.24. The van der Waals surface area contributed by atoms with E-state index in [1.165, 1.54) is 0 Å². The molecule has 0 radical (unpaired) electrons. The first-order valence-electron chi connectivity index (χ1n) is 7.63. The Morgan fingerprint density at radius 2 is 1.95 bits per heavy atom. The maximum atomic E-state index is 12.6. The van der Waals surface area contributed by atoms with Gasteiger partial charge < -0.3 is 14.4 Å². The van der Waals surface area contributed by atoms with Crippen LogP contribution in [0.25, 0.3) is 0 Å². The van der Waals surface area contributed by atoms with Gasteiger partial charge in [0, 0.05) is 12.5 Å². The first-order chi connectivity index (χ1) is 10.2. The Morgan fingerprint density at radius 1 is 1.24 bits per heavy atom. The number of ether oxygens (including phenoxy) is 1. The number of carbonyl (C=O) groups is 2. The summed E-state index contributed by atoms with van der Waals surface area (Å²) in [5.41, 5.74) is 1.04. The summed E-state index contributed by atoms with van der Waals surface area (Å²) in [5, 5.41) is 0. The molecule has 1 aliphatic carbocycles. The summed E-state index contributed by atoms with van der Waals surface area (Å²) in [4.78, 5) is 25.8. The van der Waals surface area contributed by atoms with Crippen molar-refractivity contribution >= 4 is 12.2 Å². The zero-order valence-corrected chi connectivity index (χ0v) is 12.3. The van der Waals surface area contributed by atoms with Crippen molar-refractivity contribution in [3.05, 3.63) is 29.8 Å². The highest BCUT2D eigenvalue weighted by Gasteiger charge is 2.48. The molecule has 4 nitrogen and oxygen atoms in total. The highest BCUT2D eigenvalue weighted by atomic mass is 16.5. The molecule has 1 amide bonds. The predicted octanol–water partition coefficient (Wildman–Crippen LogP) is 2.41. The number of likely N-dealkylation sites (tertiary alicyclic amines) is 1. The second-order valence-corrected chi connectivity index (χ2v) is 6.00. The van der Waals surface area contributed by atoms with Crippen molar-refractivity contribution in [3.63, 3.8) is 0 Å². The molecule has 1 heterocycles. The van der Waals surface area contributed by atoms with E-state index >= 15 is 0 Å². The van der Waals surface area contributed by atoms with Crippen LogP contribution in [0.15, 0.2) is 24.3 Å². The van der Waals surface area contributed by atoms with Gasteiger partial charge in [0.25, 0.3) is 0 Å². The van der Waals surface area contributed by atoms with Gasteiger partial charge in [-0.15, -0.1) is 0 Å². The summed E-state index contributed by atoms with van der Waals surface area (Å²) in [7, 11) is 1.63. The van der Waals surface area contributed by atoms with E-state index in [2.05, 4.69) is 0 Å². The molecule has 1 aliphatic heterocycles. The van der Waals surface area contributed by atoms with E-state index in [-0.39, 0.29) is 23.8 Å². The van der Waals surface area contributed by atoms with E-state index in [1.54, 1.807) is 12.0 Å². The van der Waals surface area contributed by atoms with Crippen molar-refractivity contribution in [1.29, 1.82) is 0 Å². The van der Waals surface area contributed by atoms with Gasteiger partial charge in [0.15, 0.2) is 0 Å². The Bertz CT molecular complexity index is 525. The summed E-state index contributed by atoms with van der Waals surface area (Å²) in [6.45, 7) is 0.513. The van der Waals surface area contributed by atoms with Gasteiger partial charge in [0.05, 0.1) is 13.2 Å². The number of benzene rings is 1. The molecule has 1 aromatic carbocycles. The maximum absolute atomic E-state index is 12.6. The zero-order valence-electron chi connectivity index (χ0n) is 12.3. The number of amides is 1. The smallest absolute Gasteiger partial charge is 0.226 e. The Labute approximate surface area is 125 Å². The lowest BCUT2D eigenvalue weighted by atomic mass is 9.78. The summed E-state index contributed by atoms with van der Waals surface area (Å²) in [6, 6.07) is 7.44. The fraction of sp³-hybridized carbons (Fsp3) is 0.529. The van der Waals surface area contributed by atoms with Crippen molar-refractivity contribution in [2.24, 2.45) is 11.8 Å². The van der Waals surface area contributed by atoms with Gasteiger partial charge in [-0.05, 0) is 36.5 Å². The van der Waals surface area contributed by atoms with E-state index in [9.17, 15) is 9.59 Å². The SMILES string of the molecule is COc1ccc(CN2C(=O)[C@H]3CCCC[C@@H]3[C@H]2C=O)cc1. The van der Waals surface area contributed by atoms with Crippen LogP contribution in [0, 0.1) is 11.8 Å². The topological polar surface area (TPSA) is 46.6 Å². The second kappa shape index (κ2) is 5.88. The summed E-state index contributed by atoms with van der Waals surface area (Å²) < 4.78 is 5.14. The fourth-order valence-corrected chi connectivity index (χ4v) is 3.75. The average molecular weight is 287 g/mol. The Hall–Kier alpha value is -1.84. The molecule has 1 saturated heterocycles. The number of hydrogen-bond donors (Lipinski definition) is 0. The number of nitrogens with zero attached hydrogens (tertiary/aromatic N) is 1. The minimum atomic E-state index is -0.245. The number of hydrogen-bond acceptors (Lipinski definition) is 3. The first kappa shape index (κ1) is 14.1. The highest BCUT2D eigenvalue weighted by Crippen LogP contribution is 2.41. The van der Waals surface area contributed by atoms with Crippen LogP contribution < -0.4 is 4.74 Å². The number of methoxy groups -OCH3 is 1. The summed E-state index contributed by atoms with van der Waals surface area (Å²) >= 11 is 0. The molecule has 112 valence electrons. The van der Waals surface area contributed by atoms with Gasteiger partial charge in [-0.1, -0.05) is 25.0 Å². The minimum Gasteiger partial charge on any atom is -0.497 e. The van der Waals surface area contributed by atoms with Crippen molar-refractivity contribution in [2.45, 2.75) is 38.3 Å². The van der Waals surface area contributed by atoms with E-state index in [1.807, 2.05) is 24.3 Å². The van der Waals surface area contributed by atoms with Gasteiger partial charge in [-0.25, -0.2) is 0 Å². The van der Waals surface area contributed by atoms with Crippen LogP contribution in [0.1, 0.15) is 31.2 Å². The van der Waals surface area contributed by atoms with Crippen LogP contribution in [0.2, 0.25) is 0 Å².